The monoisotopic (exact) mass is 348 g/mol. The minimum absolute atomic E-state index is 0.246. The van der Waals surface area contributed by atoms with Crippen molar-refractivity contribution in [2.24, 2.45) is 0 Å². The highest BCUT2D eigenvalue weighted by molar-refractivity contribution is 9.10. The molecule has 0 saturated heterocycles. The topological polar surface area (TPSA) is 50.4 Å². The van der Waals surface area contributed by atoms with Crippen LogP contribution >= 0.6 is 15.9 Å². The van der Waals surface area contributed by atoms with Gasteiger partial charge in [0.1, 0.15) is 12.4 Å². The highest BCUT2D eigenvalue weighted by atomic mass is 79.9. The average Bonchev–Trinajstić information content (AvgIpc) is 2.48. The fraction of sp³-hybridized carbons (Fsp3) is 0.188. The van der Waals surface area contributed by atoms with Gasteiger partial charge in [0.15, 0.2) is 0 Å². The van der Waals surface area contributed by atoms with E-state index in [1.54, 1.807) is 0 Å². The van der Waals surface area contributed by atoms with Crippen LogP contribution in [0.25, 0.3) is 0 Å². The highest BCUT2D eigenvalue weighted by Crippen LogP contribution is 2.14. The minimum Gasteiger partial charge on any atom is -0.492 e. The Morgan fingerprint density at radius 2 is 1.76 bits per heavy atom. The van der Waals surface area contributed by atoms with Crippen molar-refractivity contribution in [3.05, 3.63) is 58.6 Å². The van der Waals surface area contributed by atoms with Crippen molar-refractivity contribution in [3.8, 4) is 5.75 Å². The molecule has 0 bridgehead atoms. The summed E-state index contributed by atoms with van der Waals surface area (Å²) in [5, 5.41) is 5.49. The molecule has 2 rings (SSSR count). The van der Waals surface area contributed by atoms with Gasteiger partial charge in [0.25, 0.3) is 0 Å². The van der Waals surface area contributed by atoms with Crippen molar-refractivity contribution < 1.29 is 9.53 Å². The number of carbonyl (C=O) groups is 1. The van der Waals surface area contributed by atoms with Crippen molar-refractivity contribution in [1.29, 1.82) is 0 Å². The van der Waals surface area contributed by atoms with E-state index in [1.165, 1.54) is 5.56 Å². The second-order valence-electron chi connectivity index (χ2n) is 4.55. The van der Waals surface area contributed by atoms with E-state index in [4.69, 9.17) is 4.74 Å². The number of rotatable bonds is 5. The van der Waals surface area contributed by atoms with Crippen LogP contribution in [0.4, 0.5) is 10.5 Å². The van der Waals surface area contributed by atoms with Crippen LogP contribution in [-0.2, 0) is 0 Å². The maximum atomic E-state index is 11.7. The Hall–Kier alpha value is -2.01. The van der Waals surface area contributed by atoms with Gasteiger partial charge in [-0.1, -0.05) is 33.6 Å². The van der Waals surface area contributed by atoms with Crippen LogP contribution in [-0.4, -0.2) is 19.2 Å². The summed E-state index contributed by atoms with van der Waals surface area (Å²) in [6.45, 7) is 2.89. The number of aryl methyl sites for hydroxylation is 1. The van der Waals surface area contributed by atoms with Gasteiger partial charge in [0.2, 0.25) is 0 Å². The summed E-state index contributed by atoms with van der Waals surface area (Å²) >= 11 is 3.34. The van der Waals surface area contributed by atoms with Gasteiger partial charge in [0.05, 0.1) is 6.54 Å². The van der Waals surface area contributed by atoms with Gasteiger partial charge < -0.3 is 15.4 Å². The Balaban J connectivity index is 1.67. The van der Waals surface area contributed by atoms with Crippen LogP contribution in [0.2, 0.25) is 0 Å². The van der Waals surface area contributed by atoms with Crippen LogP contribution in [0, 0.1) is 6.92 Å². The molecular weight excluding hydrogens is 332 g/mol. The summed E-state index contributed by atoms with van der Waals surface area (Å²) in [5.74, 6) is 0.802. The molecule has 0 aliphatic carbocycles. The highest BCUT2D eigenvalue weighted by Gasteiger charge is 2.01. The number of nitrogens with one attached hydrogen (secondary N) is 2. The lowest BCUT2D eigenvalue weighted by Crippen LogP contribution is -2.32. The molecule has 0 radical (unpaired) electrons. The summed E-state index contributed by atoms with van der Waals surface area (Å²) in [4.78, 5) is 11.7. The van der Waals surface area contributed by atoms with Crippen molar-refractivity contribution in [1.82, 2.24) is 5.32 Å². The Bertz CT molecular complexity index is 582. The van der Waals surface area contributed by atoms with Crippen LogP contribution in [0.15, 0.2) is 53.0 Å². The van der Waals surface area contributed by atoms with Crippen molar-refractivity contribution in [2.45, 2.75) is 6.92 Å². The molecule has 0 aromatic heterocycles. The Morgan fingerprint density at radius 3 is 2.43 bits per heavy atom. The minimum atomic E-state index is -0.246. The predicted molar refractivity (Wildman–Crippen MR) is 87.8 cm³/mol. The SMILES string of the molecule is Cc1ccc(OCCNC(=O)Nc2ccc(Br)cc2)cc1. The van der Waals surface area contributed by atoms with E-state index in [1.807, 2.05) is 55.5 Å². The Morgan fingerprint density at radius 1 is 1.10 bits per heavy atom. The maximum absolute atomic E-state index is 11.7. The molecule has 0 aliphatic rings. The molecule has 0 saturated carbocycles. The molecule has 0 heterocycles. The van der Waals surface area contributed by atoms with Gasteiger partial charge in [-0.15, -0.1) is 0 Å². The third-order valence-electron chi connectivity index (χ3n) is 2.78. The molecule has 2 N–H and O–H groups in total. The second-order valence-corrected chi connectivity index (χ2v) is 5.46. The first-order valence-electron chi connectivity index (χ1n) is 6.63. The summed E-state index contributed by atoms with van der Waals surface area (Å²) in [5.41, 5.74) is 1.93. The van der Waals surface area contributed by atoms with Crippen molar-refractivity contribution >= 4 is 27.6 Å². The molecule has 21 heavy (non-hydrogen) atoms. The summed E-state index contributed by atoms with van der Waals surface area (Å²) in [6, 6.07) is 15.0. The third kappa shape index (κ3) is 5.47. The number of hydrogen-bond donors (Lipinski definition) is 2. The normalized spacial score (nSPS) is 10.0. The van der Waals surface area contributed by atoms with Crippen LogP contribution in [0.3, 0.4) is 0 Å². The van der Waals surface area contributed by atoms with Crippen LogP contribution in [0.5, 0.6) is 5.75 Å². The molecular formula is C16H17BrN2O2. The zero-order valence-corrected chi connectivity index (χ0v) is 13.3. The zero-order chi connectivity index (χ0) is 15.1. The molecule has 110 valence electrons. The van der Waals surface area contributed by atoms with Crippen molar-refractivity contribution in [2.75, 3.05) is 18.5 Å². The quantitative estimate of drug-likeness (QED) is 0.803. The number of benzene rings is 2. The third-order valence-corrected chi connectivity index (χ3v) is 3.31. The summed E-state index contributed by atoms with van der Waals surface area (Å²) < 4.78 is 6.50. The fourth-order valence-corrected chi connectivity index (χ4v) is 1.94. The maximum Gasteiger partial charge on any atom is 0.319 e. The number of urea groups is 1. The van der Waals surface area contributed by atoms with E-state index in [0.717, 1.165) is 15.9 Å². The number of ether oxygens (including phenoxy) is 1. The van der Waals surface area contributed by atoms with Gasteiger partial charge in [-0.25, -0.2) is 4.79 Å². The second kappa shape index (κ2) is 7.69. The first kappa shape index (κ1) is 15.4. The van der Waals surface area contributed by atoms with E-state index in [0.29, 0.717) is 13.2 Å². The Kier molecular flexibility index (Phi) is 5.63. The lowest BCUT2D eigenvalue weighted by Gasteiger charge is -2.09. The average molecular weight is 349 g/mol. The number of amides is 2. The van der Waals surface area contributed by atoms with Crippen LogP contribution in [0.1, 0.15) is 5.56 Å². The number of carbonyl (C=O) groups excluding carboxylic acids is 1. The summed E-state index contributed by atoms with van der Waals surface area (Å²) in [7, 11) is 0. The fourth-order valence-electron chi connectivity index (χ4n) is 1.68. The molecule has 0 fully saturated rings. The molecule has 4 nitrogen and oxygen atoms in total. The lowest BCUT2D eigenvalue weighted by molar-refractivity contribution is 0.247. The van der Waals surface area contributed by atoms with Gasteiger partial charge in [0, 0.05) is 10.2 Å². The number of anilines is 1. The van der Waals surface area contributed by atoms with E-state index < -0.39 is 0 Å². The molecule has 5 heteroatoms. The largest absolute Gasteiger partial charge is 0.492 e. The number of hydrogen-bond acceptors (Lipinski definition) is 2. The molecule has 0 spiro atoms. The molecule has 0 atom stereocenters. The molecule has 0 unspecified atom stereocenters. The molecule has 2 aromatic carbocycles. The predicted octanol–water partition coefficient (Wildman–Crippen LogP) is 3.96. The van der Waals surface area contributed by atoms with E-state index in [-0.39, 0.29) is 6.03 Å². The summed E-state index contributed by atoms with van der Waals surface area (Å²) in [6.07, 6.45) is 0. The van der Waals surface area contributed by atoms with Crippen LogP contribution < -0.4 is 15.4 Å². The van der Waals surface area contributed by atoms with Gasteiger partial charge in [-0.05, 0) is 43.3 Å². The lowest BCUT2D eigenvalue weighted by atomic mass is 10.2. The standard InChI is InChI=1S/C16H17BrN2O2/c1-12-2-8-15(9-3-12)21-11-10-18-16(20)19-14-6-4-13(17)5-7-14/h2-9H,10-11H2,1H3,(H2,18,19,20). The molecule has 2 amide bonds. The van der Waals surface area contributed by atoms with E-state index in [2.05, 4.69) is 26.6 Å². The van der Waals surface area contributed by atoms with Gasteiger partial charge >= 0.3 is 6.03 Å². The molecule has 2 aromatic rings. The first-order chi connectivity index (χ1) is 10.1. The van der Waals surface area contributed by atoms with E-state index in [9.17, 15) is 4.79 Å². The zero-order valence-electron chi connectivity index (χ0n) is 11.7. The number of halogens is 1. The molecule has 0 aliphatic heterocycles. The van der Waals surface area contributed by atoms with E-state index >= 15 is 0 Å². The Labute approximate surface area is 132 Å². The first-order valence-corrected chi connectivity index (χ1v) is 7.43. The van der Waals surface area contributed by atoms with Crippen molar-refractivity contribution in [3.63, 3.8) is 0 Å². The van der Waals surface area contributed by atoms with Gasteiger partial charge in [-0.3, -0.25) is 0 Å². The smallest absolute Gasteiger partial charge is 0.319 e. The van der Waals surface area contributed by atoms with Gasteiger partial charge in [-0.2, -0.15) is 0 Å².